The Kier molecular flexibility index (Phi) is 2.60. The smallest absolute Gasteiger partial charge is 0.336 e. The third-order valence-corrected chi connectivity index (χ3v) is 3.95. The van der Waals surface area contributed by atoms with Gasteiger partial charge in [-0.1, -0.05) is 24.3 Å². The Morgan fingerprint density at radius 2 is 2.05 bits per heavy atom. The lowest BCUT2D eigenvalue weighted by Crippen LogP contribution is -2.32. The molecule has 4 heteroatoms. The van der Waals surface area contributed by atoms with Crippen molar-refractivity contribution >= 4 is 45.6 Å². The number of rotatable bonds is 1. The van der Waals surface area contributed by atoms with Gasteiger partial charge in [0.25, 0.3) is 0 Å². The van der Waals surface area contributed by atoms with Gasteiger partial charge in [-0.05, 0) is 28.8 Å². The normalized spacial score (nSPS) is 13.5. The first-order valence-electron chi connectivity index (χ1n) is 6.94. The number of fused-ring (bicyclic) bond motifs is 4. The molecule has 1 N–H and O–H groups in total. The lowest BCUT2D eigenvalue weighted by Gasteiger charge is -2.08. The highest BCUT2D eigenvalue weighted by molar-refractivity contribution is 6.16. The summed E-state index contributed by atoms with van der Waals surface area (Å²) in [6, 6.07) is 10.9. The molecular weight excluding hydrogens is 278 g/mol. The monoisotopic (exact) mass is 289 g/mol. The number of aromatic carboxylic acids is 1. The average molecular weight is 289 g/mol. The van der Waals surface area contributed by atoms with Crippen LogP contribution < -0.4 is 10.6 Å². The molecule has 0 unspecified atom stereocenters. The maximum Gasteiger partial charge on any atom is 0.336 e. The highest BCUT2D eigenvalue weighted by Gasteiger charge is 2.12. The van der Waals surface area contributed by atoms with E-state index in [0.29, 0.717) is 22.7 Å². The van der Waals surface area contributed by atoms with Gasteiger partial charge in [-0.3, -0.25) is 4.79 Å². The molecule has 1 aliphatic rings. The second-order valence-corrected chi connectivity index (χ2v) is 5.32. The Bertz CT molecular complexity index is 1100. The first-order valence-corrected chi connectivity index (χ1v) is 6.94. The van der Waals surface area contributed by atoms with E-state index in [0.717, 1.165) is 16.0 Å². The van der Waals surface area contributed by atoms with Crippen LogP contribution in [0.15, 0.2) is 36.4 Å². The third-order valence-electron chi connectivity index (χ3n) is 3.95. The van der Waals surface area contributed by atoms with E-state index in [-0.39, 0.29) is 11.3 Å². The van der Waals surface area contributed by atoms with Crippen LogP contribution in [0.4, 0.5) is 0 Å². The molecule has 0 atom stereocenters. The molecular formula is C18H11NO3. The van der Waals surface area contributed by atoms with Crippen molar-refractivity contribution in [2.75, 3.05) is 0 Å². The molecule has 0 amide bonds. The predicted molar refractivity (Wildman–Crippen MR) is 84.0 cm³/mol. The second-order valence-electron chi connectivity index (χ2n) is 5.32. The highest BCUT2D eigenvalue weighted by atomic mass is 16.4. The van der Waals surface area contributed by atoms with Gasteiger partial charge in [0.05, 0.1) is 16.4 Å². The summed E-state index contributed by atoms with van der Waals surface area (Å²) in [5.74, 6) is -0.923. The van der Waals surface area contributed by atoms with E-state index in [4.69, 9.17) is 0 Å². The fraction of sp³-hybridized carbons (Fsp3) is 0.0556. The molecule has 0 spiro atoms. The van der Waals surface area contributed by atoms with Gasteiger partial charge in [0, 0.05) is 23.3 Å². The molecule has 0 saturated heterocycles. The molecule has 4 rings (SSSR count). The third kappa shape index (κ3) is 1.81. The molecule has 22 heavy (non-hydrogen) atoms. The van der Waals surface area contributed by atoms with Crippen LogP contribution in [-0.2, 0) is 4.79 Å². The van der Waals surface area contributed by atoms with Gasteiger partial charge in [0.1, 0.15) is 0 Å². The summed E-state index contributed by atoms with van der Waals surface area (Å²) in [5.41, 5.74) is 0.958. The van der Waals surface area contributed by atoms with Gasteiger partial charge in [0.2, 0.25) is 0 Å². The van der Waals surface area contributed by atoms with Gasteiger partial charge < -0.3 is 5.11 Å². The first kappa shape index (κ1) is 12.7. The van der Waals surface area contributed by atoms with E-state index >= 15 is 0 Å². The van der Waals surface area contributed by atoms with Crippen molar-refractivity contribution in [1.29, 1.82) is 0 Å². The number of Topliss-reactive ketones (excluding diaryl/α,β-unsaturated/α-hetero) is 1. The van der Waals surface area contributed by atoms with Crippen molar-refractivity contribution in [3.63, 3.8) is 0 Å². The number of carboxylic acids is 1. The van der Waals surface area contributed by atoms with Crippen LogP contribution in [0.5, 0.6) is 0 Å². The SMILES string of the molecule is O=C1C=c2nc3ccc4cccc(C(=O)O)c4c3cc2=CC1. The highest BCUT2D eigenvalue weighted by Crippen LogP contribution is 2.26. The number of hydrogen-bond acceptors (Lipinski definition) is 3. The Balaban J connectivity index is 2.24. The molecule has 1 heterocycles. The van der Waals surface area contributed by atoms with Crippen LogP contribution in [0.2, 0.25) is 0 Å². The Morgan fingerprint density at radius 1 is 1.18 bits per heavy atom. The van der Waals surface area contributed by atoms with Crippen LogP contribution >= 0.6 is 0 Å². The van der Waals surface area contributed by atoms with Gasteiger partial charge in [-0.2, -0.15) is 0 Å². The number of carbonyl (C=O) groups excluding carboxylic acids is 1. The molecule has 3 aromatic rings. The van der Waals surface area contributed by atoms with E-state index in [1.54, 1.807) is 18.2 Å². The minimum Gasteiger partial charge on any atom is -0.478 e. The van der Waals surface area contributed by atoms with E-state index < -0.39 is 5.97 Å². The van der Waals surface area contributed by atoms with E-state index in [2.05, 4.69) is 4.98 Å². The number of carbonyl (C=O) groups is 2. The van der Waals surface area contributed by atoms with Crippen molar-refractivity contribution in [2.45, 2.75) is 6.42 Å². The molecule has 0 radical (unpaired) electrons. The molecule has 2 aromatic carbocycles. The van der Waals surface area contributed by atoms with Crippen molar-refractivity contribution in [3.05, 3.63) is 52.5 Å². The summed E-state index contributed by atoms with van der Waals surface area (Å²) in [5, 5.41) is 13.3. The minimum absolute atomic E-state index is 0.0337. The number of nitrogens with zero attached hydrogens (tertiary/aromatic N) is 1. The molecule has 106 valence electrons. The minimum atomic E-state index is -0.957. The van der Waals surface area contributed by atoms with Gasteiger partial charge in [0.15, 0.2) is 5.78 Å². The molecule has 0 bridgehead atoms. The molecule has 1 aliphatic carbocycles. The Hall–Kier alpha value is -3.01. The predicted octanol–water partition coefficient (Wildman–Crippen LogP) is 1.62. The summed E-state index contributed by atoms with van der Waals surface area (Å²) >= 11 is 0. The van der Waals surface area contributed by atoms with Crippen molar-refractivity contribution in [2.24, 2.45) is 0 Å². The van der Waals surface area contributed by atoms with Crippen molar-refractivity contribution in [3.8, 4) is 0 Å². The summed E-state index contributed by atoms with van der Waals surface area (Å²) in [7, 11) is 0. The lowest BCUT2D eigenvalue weighted by atomic mass is 9.98. The fourth-order valence-electron chi connectivity index (χ4n) is 2.94. The van der Waals surface area contributed by atoms with Crippen LogP contribution in [0.1, 0.15) is 16.8 Å². The van der Waals surface area contributed by atoms with Gasteiger partial charge in [-0.15, -0.1) is 0 Å². The van der Waals surface area contributed by atoms with Gasteiger partial charge >= 0.3 is 5.97 Å². The van der Waals surface area contributed by atoms with Crippen LogP contribution in [-0.4, -0.2) is 21.8 Å². The maximum atomic E-state index is 11.5. The first-order chi connectivity index (χ1) is 10.6. The van der Waals surface area contributed by atoms with E-state index in [9.17, 15) is 14.7 Å². The summed E-state index contributed by atoms with van der Waals surface area (Å²) < 4.78 is 0. The topological polar surface area (TPSA) is 67.3 Å². The molecule has 0 fully saturated rings. The largest absolute Gasteiger partial charge is 0.478 e. The zero-order valence-electron chi connectivity index (χ0n) is 11.5. The molecule has 0 saturated carbocycles. The average Bonchev–Trinajstić information content (AvgIpc) is 2.52. The second kappa shape index (κ2) is 4.49. The van der Waals surface area contributed by atoms with Crippen LogP contribution in [0, 0.1) is 0 Å². The number of pyridine rings is 1. The number of aromatic nitrogens is 1. The van der Waals surface area contributed by atoms with E-state index in [1.807, 2.05) is 30.3 Å². The van der Waals surface area contributed by atoms with E-state index in [1.165, 1.54) is 0 Å². The summed E-state index contributed by atoms with van der Waals surface area (Å²) in [6.07, 6.45) is 3.74. The Morgan fingerprint density at radius 3 is 2.86 bits per heavy atom. The molecule has 1 aromatic heterocycles. The lowest BCUT2D eigenvalue weighted by molar-refractivity contribution is -0.112. The van der Waals surface area contributed by atoms with Crippen molar-refractivity contribution < 1.29 is 14.7 Å². The number of carboxylic acid groups (broad SMARTS) is 1. The molecule has 4 nitrogen and oxygen atoms in total. The standard InChI is InChI=1S/C18H11NO3/c20-12-6-4-11-8-14-15(19-16(11)9-12)7-5-10-2-1-3-13(17(10)14)18(21)22/h1-5,7-9H,6H2,(H,21,22). The maximum absolute atomic E-state index is 11.5. The quantitative estimate of drug-likeness (QED) is 0.691. The van der Waals surface area contributed by atoms with Crippen LogP contribution in [0.25, 0.3) is 33.8 Å². The summed E-state index contributed by atoms with van der Waals surface area (Å²) in [4.78, 5) is 27.5. The number of hydrogen-bond donors (Lipinski definition) is 1. The zero-order valence-corrected chi connectivity index (χ0v) is 11.5. The zero-order chi connectivity index (χ0) is 15.3. The van der Waals surface area contributed by atoms with Crippen molar-refractivity contribution in [1.82, 2.24) is 4.98 Å². The molecule has 0 aliphatic heterocycles. The van der Waals surface area contributed by atoms with Gasteiger partial charge in [-0.25, -0.2) is 9.78 Å². The number of benzene rings is 2. The van der Waals surface area contributed by atoms with Crippen LogP contribution in [0.3, 0.4) is 0 Å². The summed E-state index contributed by atoms with van der Waals surface area (Å²) in [6.45, 7) is 0. The number of ketones is 1. The fourth-order valence-corrected chi connectivity index (χ4v) is 2.94. The Labute approximate surface area is 125 Å².